The summed E-state index contributed by atoms with van der Waals surface area (Å²) in [5, 5.41) is 9.34. The van der Waals surface area contributed by atoms with E-state index in [2.05, 4.69) is 11.1 Å². The molecule has 0 aliphatic carbocycles. The lowest BCUT2D eigenvalue weighted by atomic mass is 10.0. The molecule has 8 heteroatoms. The number of nitrogens with zero attached hydrogens (tertiary/aromatic N) is 5. The Morgan fingerprint density at radius 3 is 2.83 bits per heavy atom. The lowest BCUT2D eigenvalue weighted by Gasteiger charge is -2.29. The highest BCUT2D eigenvalue weighted by Gasteiger charge is 2.35. The summed E-state index contributed by atoms with van der Waals surface area (Å²) in [6.07, 6.45) is 5.52. The highest BCUT2D eigenvalue weighted by molar-refractivity contribution is 5.88. The zero-order chi connectivity index (χ0) is 17.7. The van der Waals surface area contributed by atoms with Crippen molar-refractivity contribution in [2.24, 2.45) is 0 Å². The average Bonchev–Trinajstić information content (AvgIpc) is 3.06. The molecular formula is C16H22N5O3+. The zero-order valence-corrected chi connectivity index (χ0v) is 14.2. The summed E-state index contributed by atoms with van der Waals surface area (Å²) in [5.74, 6) is -0.386. The van der Waals surface area contributed by atoms with Crippen molar-refractivity contribution in [2.75, 3.05) is 13.1 Å². The second-order valence-corrected chi connectivity index (χ2v) is 5.99. The maximum Gasteiger partial charge on any atom is 0.430 e. The van der Waals surface area contributed by atoms with Crippen LogP contribution in [-0.2, 0) is 9.63 Å². The number of carbonyl (C=O) groups excluding carboxylic acids is 2. The van der Waals surface area contributed by atoms with Gasteiger partial charge in [-0.15, -0.1) is 0 Å². The third kappa shape index (κ3) is 4.26. The Bertz CT molecular complexity index is 672. The number of likely N-dealkylation sites (tertiary alicyclic amines) is 1. The summed E-state index contributed by atoms with van der Waals surface area (Å²) in [6, 6.07) is 1.86. The van der Waals surface area contributed by atoms with E-state index >= 15 is 0 Å². The third-order valence-corrected chi connectivity index (χ3v) is 3.70. The Morgan fingerprint density at radius 2 is 2.29 bits per heavy atom. The summed E-state index contributed by atoms with van der Waals surface area (Å²) >= 11 is 0. The number of imidazole rings is 1. The van der Waals surface area contributed by atoms with Gasteiger partial charge < -0.3 is 0 Å². The minimum Gasteiger partial charge on any atom is -0.275 e. The normalized spacial score (nSPS) is 20.5. The molecule has 1 aliphatic rings. The van der Waals surface area contributed by atoms with Crippen LogP contribution in [0.1, 0.15) is 38.4 Å². The first-order valence-electron chi connectivity index (χ1n) is 7.89. The van der Waals surface area contributed by atoms with Gasteiger partial charge in [-0.3, -0.25) is 19.1 Å². The summed E-state index contributed by atoms with van der Waals surface area (Å²) in [6.45, 7) is 5.54. The van der Waals surface area contributed by atoms with Crippen LogP contribution in [0.15, 0.2) is 18.7 Å². The number of amides is 1. The molecule has 0 spiro atoms. The molecule has 1 aliphatic heterocycles. The van der Waals surface area contributed by atoms with Crippen molar-refractivity contribution in [3.8, 4) is 6.07 Å². The van der Waals surface area contributed by atoms with Crippen molar-refractivity contribution < 1.29 is 19.2 Å². The fourth-order valence-corrected chi connectivity index (χ4v) is 2.63. The topological polar surface area (TPSA) is 91.2 Å². The molecule has 0 N–H and O–H groups in total. The fourth-order valence-electron chi connectivity index (χ4n) is 2.63. The SMILES string of the molecule is CC(=O)/[N+](OC(C)C)=C1/CC[C@@H](C#N)N(CC(=O)n2ccnc2)C1. The molecule has 1 aromatic rings. The average molecular weight is 332 g/mol. The van der Waals surface area contributed by atoms with E-state index in [9.17, 15) is 14.9 Å². The van der Waals surface area contributed by atoms with Crippen LogP contribution in [0.2, 0.25) is 0 Å². The highest BCUT2D eigenvalue weighted by atomic mass is 16.7. The number of aromatic nitrogens is 2. The van der Waals surface area contributed by atoms with Crippen LogP contribution in [0.5, 0.6) is 0 Å². The predicted molar refractivity (Wildman–Crippen MR) is 85.2 cm³/mol. The van der Waals surface area contributed by atoms with Crippen molar-refractivity contribution in [1.29, 1.82) is 5.26 Å². The molecule has 1 fully saturated rings. The van der Waals surface area contributed by atoms with Gasteiger partial charge in [0.2, 0.25) is 11.6 Å². The Kier molecular flexibility index (Phi) is 5.82. The standard InChI is InChI=1S/C16H22N5O3/c1-12(2)24-21(13(3)22)15-5-4-14(8-17)20(9-15)10-16(23)19-7-6-18-11-19/h6-7,11-12,14H,4-5,9-10H2,1-3H3/q+1/b21-15+/t14-/m0/s1. The second kappa shape index (κ2) is 7.84. The molecule has 0 saturated carbocycles. The van der Waals surface area contributed by atoms with Crippen LogP contribution in [0.3, 0.4) is 0 Å². The van der Waals surface area contributed by atoms with Gasteiger partial charge in [0.1, 0.15) is 6.33 Å². The first-order chi connectivity index (χ1) is 11.4. The molecule has 1 atom stereocenters. The van der Waals surface area contributed by atoms with E-state index < -0.39 is 0 Å². The van der Waals surface area contributed by atoms with Gasteiger partial charge >= 0.3 is 5.91 Å². The number of hydrogen-bond acceptors (Lipinski definition) is 6. The van der Waals surface area contributed by atoms with Gasteiger partial charge in [-0.25, -0.2) is 9.78 Å². The van der Waals surface area contributed by atoms with E-state index in [1.807, 2.05) is 13.8 Å². The summed E-state index contributed by atoms with van der Waals surface area (Å²) < 4.78 is 2.68. The Labute approximate surface area is 140 Å². The molecule has 1 amide bonds. The molecule has 128 valence electrons. The summed E-state index contributed by atoms with van der Waals surface area (Å²) in [7, 11) is 0. The molecule has 0 radical (unpaired) electrons. The number of carbonyl (C=O) groups is 2. The smallest absolute Gasteiger partial charge is 0.275 e. The van der Waals surface area contributed by atoms with Gasteiger partial charge in [0.25, 0.3) is 0 Å². The van der Waals surface area contributed by atoms with Crippen molar-refractivity contribution in [2.45, 2.75) is 45.8 Å². The molecule has 0 bridgehead atoms. The molecule has 24 heavy (non-hydrogen) atoms. The number of piperidine rings is 1. The number of hydrogen-bond donors (Lipinski definition) is 0. The first-order valence-corrected chi connectivity index (χ1v) is 7.89. The van der Waals surface area contributed by atoms with Crippen LogP contribution in [0.4, 0.5) is 0 Å². The Hall–Kier alpha value is -2.53. The van der Waals surface area contributed by atoms with Gasteiger partial charge in [-0.05, 0) is 20.3 Å². The van der Waals surface area contributed by atoms with Gasteiger partial charge in [0.15, 0.2) is 6.10 Å². The zero-order valence-electron chi connectivity index (χ0n) is 14.2. The van der Waals surface area contributed by atoms with E-state index in [0.717, 1.165) is 5.71 Å². The highest BCUT2D eigenvalue weighted by Crippen LogP contribution is 2.16. The van der Waals surface area contributed by atoms with Crippen LogP contribution in [0, 0.1) is 11.3 Å². The second-order valence-electron chi connectivity index (χ2n) is 5.99. The minimum atomic E-state index is -0.367. The molecule has 2 heterocycles. The van der Waals surface area contributed by atoms with Crippen molar-refractivity contribution >= 4 is 17.5 Å². The maximum absolute atomic E-state index is 12.3. The largest absolute Gasteiger partial charge is 0.430 e. The lowest BCUT2D eigenvalue weighted by molar-refractivity contribution is -0.731. The van der Waals surface area contributed by atoms with Gasteiger partial charge in [0.05, 0.1) is 32.1 Å². The molecule has 2 rings (SSSR count). The fraction of sp³-hybridized carbons (Fsp3) is 0.562. The maximum atomic E-state index is 12.3. The number of rotatable bonds is 4. The summed E-state index contributed by atoms with van der Waals surface area (Å²) in [4.78, 5) is 35.3. The molecule has 8 nitrogen and oxygen atoms in total. The van der Waals surface area contributed by atoms with Gasteiger partial charge in [0, 0.05) is 23.6 Å². The van der Waals surface area contributed by atoms with E-state index in [4.69, 9.17) is 4.84 Å². The number of nitriles is 1. The first kappa shape index (κ1) is 17.8. The van der Waals surface area contributed by atoms with Crippen LogP contribution in [0.25, 0.3) is 0 Å². The van der Waals surface area contributed by atoms with E-state index in [1.165, 1.54) is 28.8 Å². The summed E-state index contributed by atoms with van der Waals surface area (Å²) in [5.41, 5.74) is 0.765. The van der Waals surface area contributed by atoms with E-state index in [1.54, 1.807) is 11.1 Å². The van der Waals surface area contributed by atoms with Crippen molar-refractivity contribution in [3.05, 3.63) is 18.7 Å². The van der Waals surface area contributed by atoms with Gasteiger partial charge in [-0.2, -0.15) is 5.26 Å². The molecule has 1 saturated heterocycles. The van der Waals surface area contributed by atoms with E-state index in [-0.39, 0.29) is 30.5 Å². The number of hydroxylamine groups is 1. The van der Waals surface area contributed by atoms with Crippen LogP contribution < -0.4 is 0 Å². The predicted octanol–water partition coefficient (Wildman–Crippen LogP) is 0.851. The Morgan fingerprint density at radius 1 is 1.54 bits per heavy atom. The monoisotopic (exact) mass is 332 g/mol. The Balaban J connectivity index is 2.20. The quantitative estimate of drug-likeness (QED) is 0.600. The molecular weight excluding hydrogens is 310 g/mol. The third-order valence-electron chi connectivity index (χ3n) is 3.70. The molecule has 1 aromatic heterocycles. The van der Waals surface area contributed by atoms with Crippen LogP contribution in [-0.4, -0.2) is 62.0 Å². The van der Waals surface area contributed by atoms with Crippen molar-refractivity contribution in [1.82, 2.24) is 14.5 Å². The molecule has 0 aromatic carbocycles. The molecule has 0 unspecified atom stereocenters. The van der Waals surface area contributed by atoms with Crippen LogP contribution >= 0.6 is 0 Å². The lowest BCUT2D eigenvalue weighted by Crippen LogP contribution is -2.49. The van der Waals surface area contributed by atoms with Gasteiger partial charge in [-0.1, -0.05) is 0 Å². The minimum absolute atomic E-state index is 0.0749. The van der Waals surface area contributed by atoms with E-state index in [0.29, 0.717) is 19.4 Å². The van der Waals surface area contributed by atoms with Crippen molar-refractivity contribution in [3.63, 3.8) is 0 Å².